The van der Waals surface area contributed by atoms with Crippen molar-refractivity contribution in [3.63, 3.8) is 0 Å². The molecule has 1 N–H and O–H groups in total. The number of aromatic nitrogens is 4. The van der Waals surface area contributed by atoms with Crippen LogP contribution in [0.4, 0.5) is 5.69 Å². The molecule has 1 saturated carbocycles. The van der Waals surface area contributed by atoms with Crippen LogP contribution in [0.15, 0.2) is 33.8 Å². The van der Waals surface area contributed by atoms with Crippen LogP contribution < -0.4 is 10.9 Å². The molecule has 0 bridgehead atoms. The van der Waals surface area contributed by atoms with Gasteiger partial charge in [0.05, 0.1) is 24.1 Å². The lowest BCUT2D eigenvalue weighted by atomic mass is 10.3. The molecule has 2 aromatic heterocycles. The minimum Gasteiger partial charge on any atom is -0.377 e. The lowest BCUT2D eigenvalue weighted by Gasteiger charge is -2.09. The van der Waals surface area contributed by atoms with Crippen LogP contribution in [0.3, 0.4) is 0 Å². The van der Waals surface area contributed by atoms with Crippen molar-refractivity contribution in [3.8, 4) is 0 Å². The van der Waals surface area contributed by atoms with Gasteiger partial charge in [-0.05, 0) is 46.8 Å². The Hall–Kier alpha value is -1.76. The SMILES string of the molecule is O=c1c(Br)c(NCc2cccnn2)cnn1CC1CC1. The average molecular weight is 336 g/mol. The van der Waals surface area contributed by atoms with Crippen molar-refractivity contribution < 1.29 is 0 Å². The maximum atomic E-state index is 12.1. The van der Waals surface area contributed by atoms with E-state index in [-0.39, 0.29) is 5.56 Å². The fraction of sp³-hybridized carbons (Fsp3) is 0.385. The molecule has 3 rings (SSSR count). The first-order chi connectivity index (χ1) is 9.74. The number of nitrogens with one attached hydrogen (secondary N) is 1. The minimum atomic E-state index is -0.0963. The van der Waals surface area contributed by atoms with Gasteiger partial charge in [0.15, 0.2) is 0 Å². The van der Waals surface area contributed by atoms with Crippen molar-refractivity contribution in [2.45, 2.75) is 25.9 Å². The Labute approximate surface area is 124 Å². The van der Waals surface area contributed by atoms with Crippen LogP contribution in [0, 0.1) is 5.92 Å². The van der Waals surface area contributed by atoms with Gasteiger partial charge in [0.25, 0.3) is 5.56 Å². The second-order valence-electron chi connectivity index (χ2n) is 4.87. The average Bonchev–Trinajstić information content (AvgIpc) is 3.28. The van der Waals surface area contributed by atoms with Crippen LogP contribution in [0.1, 0.15) is 18.5 Å². The standard InChI is InChI=1S/C13H14BrN5O/c14-12-11(15-6-10-2-1-5-16-18-10)7-17-19(13(12)20)8-9-3-4-9/h1-2,5,7,9,15H,3-4,6,8H2. The fourth-order valence-corrected chi connectivity index (χ4v) is 2.32. The molecule has 0 spiro atoms. The van der Waals surface area contributed by atoms with Gasteiger partial charge >= 0.3 is 0 Å². The van der Waals surface area contributed by atoms with Crippen LogP contribution in [0.2, 0.25) is 0 Å². The Balaban J connectivity index is 1.73. The Morgan fingerprint density at radius 2 is 2.30 bits per heavy atom. The van der Waals surface area contributed by atoms with E-state index in [9.17, 15) is 4.79 Å². The third-order valence-electron chi connectivity index (χ3n) is 3.20. The summed E-state index contributed by atoms with van der Waals surface area (Å²) in [5.41, 5.74) is 1.38. The Kier molecular flexibility index (Phi) is 3.77. The second kappa shape index (κ2) is 5.70. The van der Waals surface area contributed by atoms with Gasteiger partial charge in [-0.1, -0.05) is 0 Å². The van der Waals surface area contributed by atoms with Gasteiger partial charge in [0.2, 0.25) is 0 Å². The molecule has 1 fully saturated rings. The third-order valence-corrected chi connectivity index (χ3v) is 3.97. The molecule has 0 atom stereocenters. The molecule has 0 amide bonds. The fourth-order valence-electron chi connectivity index (χ4n) is 1.88. The first-order valence-electron chi connectivity index (χ1n) is 6.50. The normalized spacial score (nSPS) is 14.2. The molecule has 1 aliphatic carbocycles. The van der Waals surface area contributed by atoms with Gasteiger partial charge in [-0.15, -0.1) is 0 Å². The number of hydrogen-bond donors (Lipinski definition) is 1. The monoisotopic (exact) mass is 335 g/mol. The van der Waals surface area contributed by atoms with Crippen LogP contribution >= 0.6 is 15.9 Å². The van der Waals surface area contributed by atoms with Gasteiger partial charge in [0, 0.05) is 12.7 Å². The first kappa shape index (κ1) is 13.2. The number of halogens is 1. The predicted octanol–water partition coefficient (Wildman–Crippen LogP) is 1.82. The molecule has 7 heteroatoms. The highest BCUT2D eigenvalue weighted by Crippen LogP contribution is 2.30. The summed E-state index contributed by atoms with van der Waals surface area (Å²) in [6.07, 6.45) is 5.68. The van der Waals surface area contributed by atoms with Crippen LogP contribution in [0.25, 0.3) is 0 Å². The lowest BCUT2D eigenvalue weighted by molar-refractivity contribution is 0.532. The predicted molar refractivity (Wildman–Crippen MR) is 78.3 cm³/mol. The highest BCUT2D eigenvalue weighted by Gasteiger charge is 2.23. The number of anilines is 1. The largest absolute Gasteiger partial charge is 0.377 e. The third kappa shape index (κ3) is 3.04. The molecule has 0 aliphatic heterocycles. The van der Waals surface area contributed by atoms with Crippen molar-refractivity contribution >= 4 is 21.6 Å². The summed E-state index contributed by atoms with van der Waals surface area (Å²) < 4.78 is 2.03. The van der Waals surface area contributed by atoms with E-state index in [1.165, 1.54) is 17.5 Å². The summed E-state index contributed by atoms with van der Waals surface area (Å²) in [7, 11) is 0. The van der Waals surface area contributed by atoms with E-state index >= 15 is 0 Å². The van der Waals surface area contributed by atoms with E-state index in [1.807, 2.05) is 12.1 Å². The first-order valence-corrected chi connectivity index (χ1v) is 7.29. The van der Waals surface area contributed by atoms with Gasteiger partial charge < -0.3 is 5.32 Å². The summed E-state index contributed by atoms with van der Waals surface area (Å²) in [4.78, 5) is 12.1. The van der Waals surface area contributed by atoms with Gasteiger partial charge in [-0.2, -0.15) is 15.3 Å². The molecule has 0 unspecified atom stereocenters. The molecular formula is C13H14BrN5O. The maximum Gasteiger partial charge on any atom is 0.283 e. The lowest BCUT2D eigenvalue weighted by Crippen LogP contribution is -2.25. The molecule has 2 heterocycles. The van der Waals surface area contributed by atoms with Gasteiger partial charge in [-0.25, -0.2) is 4.68 Å². The van der Waals surface area contributed by atoms with Crippen LogP contribution in [-0.2, 0) is 13.1 Å². The van der Waals surface area contributed by atoms with Gasteiger partial charge in [-0.3, -0.25) is 4.79 Å². The van der Waals surface area contributed by atoms with E-state index in [4.69, 9.17) is 0 Å². The minimum absolute atomic E-state index is 0.0963. The summed E-state index contributed by atoms with van der Waals surface area (Å²) >= 11 is 3.34. The van der Waals surface area contributed by atoms with Crippen molar-refractivity contribution in [2.75, 3.05) is 5.32 Å². The molecule has 1 aliphatic rings. The van der Waals surface area contributed by atoms with E-state index in [1.54, 1.807) is 12.4 Å². The van der Waals surface area contributed by atoms with Crippen molar-refractivity contribution in [1.29, 1.82) is 0 Å². The summed E-state index contributed by atoms with van der Waals surface area (Å²) in [5.74, 6) is 0.616. The summed E-state index contributed by atoms with van der Waals surface area (Å²) in [5, 5.41) is 15.1. The zero-order valence-corrected chi connectivity index (χ0v) is 12.4. The number of rotatable bonds is 5. The zero-order chi connectivity index (χ0) is 13.9. The highest BCUT2D eigenvalue weighted by molar-refractivity contribution is 9.10. The maximum absolute atomic E-state index is 12.1. The van der Waals surface area contributed by atoms with Crippen molar-refractivity contribution in [3.05, 3.63) is 45.0 Å². The molecule has 20 heavy (non-hydrogen) atoms. The quantitative estimate of drug-likeness (QED) is 0.902. The molecule has 2 aromatic rings. The Morgan fingerprint density at radius 3 is 3.00 bits per heavy atom. The van der Waals surface area contributed by atoms with Crippen LogP contribution in [-0.4, -0.2) is 20.0 Å². The topological polar surface area (TPSA) is 72.7 Å². The highest BCUT2D eigenvalue weighted by atomic mass is 79.9. The molecule has 0 radical (unpaired) electrons. The second-order valence-corrected chi connectivity index (χ2v) is 5.66. The molecule has 6 nitrogen and oxygen atoms in total. The Morgan fingerprint density at radius 1 is 1.45 bits per heavy atom. The molecule has 0 saturated heterocycles. The smallest absolute Gasteiger partial charge is 0.283 e. The molecule has 104 valence electrons. The van der Waals surface area contributed by atoms with Crippen molar-refractivity contribution in [1.82, 2.24) is 20.0 Å². The van der Waals surface area contributed by atoms with E-state index < -0.39 is 0 Å². The van der Waals surface area contributed by atoms with Gasteiger partial charge in [0.1, 0.15) is 4.47 Å². The van der Waals surface area contributed by atoms with Crippen LogP contribution in [0.5, 0.6) is 0 Å². The van der Waals surface area contributed by atoms with E-state index in [0.717, 1.165) is 5.69 Å². The summed E-state index contributed by atoms with van der Waals surface area (Å²) in [6.45, 7) is 1.21. The van der Waals surface area contributed by atoms with E-state index in [0.29, 0.717) is 29.2 Å². The summed E-state index contributed by atoms with van der Waals surface area (Å²) in [6, 6.07) is 3.70. The molecule has 0 aromatic carbocycles. The number of nitrogens with zero attached hydrogens (tertiary/aromatic N) is 4. The van der Waals surface area contributed by atoms with E-state index in [2.05, 4.69) is 36.5 Å². The Bertz CT molecular complexity index is 654. The zero-order valence-electron chi connectivity index (χ0n) is 10.8. The van der Waals surface area contributed by atoms with Crippen molar-refractivity contribution in [2.24, 2.45) is 5.92 Å². The number of hydrogen-bond acceptors (Lipinski definition) is 5. The molecular weight excluding hydrogens is 322 g/mol.